The molecule has 3 saturated heterocycles. The summed E-state index contributed by atoms with van der Waals surface area (Å²) >= 11 is 0. The molecule has 2 bridgehead atoms. The summed E-state index contributed by atoms with van der Waals surface area (Å²) < 4.78 is 0. The number of piperazine rings is 1. The van der Waals surface area contributed by atoms with E-state index in [0.717, 1.165) is 18.2 Å². The predicted molar refractivity (Wildman–Crippen MR) is 139 cm³/mol. The van der Waals surface area contributed by atoms with E-state index < -0.39 is 0 Å². The van der Waals surface area contributed by atoms with Crippen LogP contribution in [0.5, 0.6) is 0 Å². The minimum atomic E-state index is 0.597. The van der Waals surface area contributed by atoms with Gasteiger partial charge in [-0.1, -0.05) is 26.2 Å². The number of hydrogen-bond acceptors (Lipinski definition) is 6. The fraction of sp³-hybridized carbons (Fsp3) is 0.821. The summed E-state index contributed by atoms with van der Waals surface area (Å²) in [5.41, 5.74) is 1.37. The van der Waals surface area contributed by atoms with Gasteiger partial charge in [0.15, 0.2) is 0 Å². The Balaban J connectivity index is 0.000000636. The number of aromatic nitrogens is 2. The number of hydrogen-bond donors (Lipinski definition) is 0. The molecule has 3 aliphatic heterocycles. The van der Waals surface area contributed by atoms with Crippen LogP contribution < -0.4 is 4.90 Å². The molecule has 0 radical (unpaired) electrons. The van der Waals surface area contributed by atoms with Gasteiger partial charge >= 0.3 is 0 Å². The third-order valence-corrected chi connectivity index (χ3v) is 8.60. The maximum Gasteiger partial charge on any atom is 0.225 e. The van der Waals surface area contributed by atoms with Gasteiger partial charge in [-0.3, -0.25) is 4.90 Å². The Hall–Kier alpha value is -1.53. The molecule has 6 heteroatoms. The molecule has 4 fully saturated rings. The summed E-state index contributed by atoms with van der Waals surface area (Å²) in [7, 11) is 0. The molecule has 0 spiro atoms. The van der Waals surface area contributed by atoms with Gasteiger partial charge in [-0.2, -0.15) is 0 Å². The standard InChI is InChI=1S/C25H41N5.C3H6O/c1-19(2)29-17-23-8-9-24(18-29)30(23)25-26-14-22(15-27-25)21-10-12-28(13-11-21)16-20-6-4-3-5-7-20;1-2-3-4/h14-15,19-21,23-24H,3-13,16-18H2,1-2H3;3H,2H2,1H3. The van der Waals surface area contributed by atoms with Crippen LogP contribution in [0, 0.1) is 5.92 Å². The third-order valence-electron chi connectivity index (χ3n) is 8.60. The zero-order valence-corrected chi connectivity index (χ0v) is 21.9. The highest BCUT2D eigenvalue weighted by molar-refractivity contribution is 5.48. The molecule has 4 aliphatic rings. The Bertz CT molecular complexity index is 726. The first kappa shape index (κ1) is 25.6. The molecule has 0 aromatic carbocycles. The molecule has 6 nitrogen and oxygen atoms in total. The van der Waals surface area contributed by atoms with E-state index in [1.807, 2.05) is 6.92 Å². The molecule has 34 heavy (non-hydrogen) atoms. The Morgan fingerprint density at radius 1 is 0.941 bits per heavy atom. The lowest BCUT2D eigenvalue weighted by Gasteiger charge is -2.42. The van der Waals surface area contributed by atoms with Crippen LogP contribution in [0.2, 0.25) is 0 Å². The summed E-state index contributed by atoms with van der Waals surface area (Å²) in [4.78, 5) is 26.8. The maximum atomic E-state index is 9.17. The molecule has 1 aromatic rings. The largest absolute Gasteiger partial charge is 0.332 e. The van der Waals surface area contributed by atoms with Crippen molar-refractivity contribution in [3.8, 4) is 0 Å². The summed E-state index contributed by atoms with van der Waals surface area (Å²) in [6.07, 6.45) is 18.2. The lowest BCUT2D eigenvalue weighted by molar-refractivity contribution is -0.107. The van der Waals surface area contributed by atoms with Crippen LogP contribution in [0.1, 0.15) is 96.5 Å². The number of nitrogens with zero attached hydrogens (tertiary/aromatic N) is 5. The number of piperidine rings is 1. The minimum absolute atomic E-state index is 0.597. The second kappa shape index (κ2) is 12.4. The van der Waals surface area contributed by atoms with E-state index in [2.05, 4.69) is 40.9 Å². The topological polar surface area (TPSA) is 52.6 Å². The number of rotatable bonds is 6. The molecular weight excluding hydrogens is 422 g/mol. The molecule has 0 amide bonds. The van der Waals surface area contributed by atoms with Crippen molar-refractivity contribution in [2.24, 2.45) is 5.92 Å². The lowest BCUT2D eigenvalue weighted by atomic mass is 9.87. The Labute approximate surface area is 207 Å². The Morgan fingerprint density at radius 2 is 1.53 bits per heavy atom. The van der Waals surface area contributed by atoms with Crippen molar-refractivity contribution in [2.45, 2.75) is 109 Å². The van der Waals surface area contributed by atoms with Crippen LogP contribution >= 0.6 is 0 Å². The van der Waals surface area contributed by atoms with Crippen LogP contribution in [0.4, 0.5) is 5.95 Å². The van der Waals surface area contributed by atoms with E-state index in [1.165, 1.54) is 96.1 Å². The third kappa shape index (κ3) is 6.37. The summed E-state index contributed by atoms with van der Waals surface area (Å²) in [5, 5.41) is 0. The average Bonchev–Trinajstić information content (AvgIpc) is 3.14. The highest BCUT2D eigenvalue weighted by Crippen LogP contribution is 2.35. The number of anilines is 1. The molecule has 5 rings (SSSR count). The van der Waals surface area contributed by atoms with Crippen LogP contribution in [-0.2, 0) is 4.79 Å². The second-order valence-corrected chi connectivity index (χ2v) is 11.3. The van der Waals surface area contributed by atoms with Crippen molar-refractivity contribution in [3.63, 3.8) is 0 Å². The zero-order chi connectivity index (χ0) is 23.9. The first-order valence-electron chi connectivity index (χ1n) is 14.1. The minimum Gasteiger partial charge on any atom is -0.332 e. The van der Waals surface area contributed by atoms with E-state index in [0.29, 0.717) is 30.5 Å². The highest BCUT2D eigenvalue weighted by Gasteiger charge is 2.41. The predicted octanol–water partition coefficient (Wildman–Crippen LogP) is 4.89. The van der Waals surface area contributed by atoms with E-state index in [4.69, 9.17) is 9.97 Å². The number of aldehydes is 1. The first-order valence-corrected chi connectivity index (χ1v) is 14.1. The van der Waals surface area contributed by atoms with Crippen LogP contribution in [0.15, 0.2) is 12.4 Å². The van der Waals surface area contributed by atoms with E-state index in [-0.39, 0.29) is 0 Å². The molecule has 1 saturated carbocycles. The van der Waals surface area contributed by atoms with Gasteiger partial charge in [0.1, 0.15) is 6.29 Å². The second-order valence-electron chi connectivity index (χ2n) is 11.3. The number of fused-ring (bicyclic) bond motifs is 2. The molecule has 190 valence electrons. The summed E-state index contributed by atoms with van der Waals surface area (Å²) in [6.45, 7) is 12.6. The highest BCUT2D eigenvalue weighted by atomic mass is 16.1. The first-order chi connectivity index (χ1) is 16.6. The van der Waals surface area contributed by atoms with E-state index in [9.17, 15) is 4.79 Å². The van der Waals surface area contributed by atoms with Gasteiger partial charge in [-0.25, -0.2) is 9.97 Å². The monoisotopic (exact) mass is 469 g/mol. The van der Waals surface area contributed by atoms with Crippen molar-refractivity contribution < 1.29 is 4.79 Å². The molecule has 2 atom stereocenters. The van der Waals surface area contributed by atoms with E-state index >= 15 is 0 Å². The molecule has 0 N–H and O–H groups in total. The molecule has 2 unspecified atom stereocenters. The fourth-order valence-corrected chi connectivity index (χ4v) is 6.54. The summed E-state index contributed by atoms with van der Waals surface area (Å²) in [6, 6.07) is 1.84. The Kier molecular flexibility index (Phi) is 9.35. The zero-order valence-electron chi connectivity index (χ0n) is 21.9. The maximum absolute atomic E-state index is 9.17. The lowest BCUT2D eigenvalue weighted by Crippen LogP contribution is -2.56. The van der Waals surface area contributed by atoms with Gasteiger partial charge in [0, 0.05) is 56.6 Å². The normalized spacial score (nSPS) is 27.0. The fourth-order valence-electron chi connectivity index (χ4n) is 6.54. The van der Waals surface area contributed by atoms with Crippen LogP contribution in [0.3, 0.4) is 0 Å². The van der Waals surface area contributed by atoms with Crippen LogP contribution in [-0.4, -0.2) is 76.9 Å². The average molecular weight is 470 g/mol. The van der Waals surface area contributed by atoms with Gasteiger partial charge in [-0.15, -0.1) is 0 Å². The number of carbonyl (C=O) groups excluding carboxylic acids is 1. The van der Waals surface area contributed by atoms with Crippen molar-refractivity contribution in [1.29, 1.82) is 0 Å². The van der Waals surface area contributed by atoms with Gasteiger partial charge in [0.25, 0.3) is 0 Å². The smallest absolute Gasteiger partial charge is 0.225 e. The van der Waals surface area contributed by atoms with Gasteiger partial charge in [-0.05, 0) is 82.9 Å². The molecular formula is C28H47N5O. The Morgan fingerprint density at radius 3 is 2.06 bits per heavy atom. The van der Waals surface area contributed by atoms with E-state index in [1.54, 1.807) is 0 Å². The number of likely N-dealkylation sites (tertiary alicyclic amines) is 2. The van der Waals surface area contributed by atoms with Crippen molar-refractivity contribution in [1.82, 2.24) is 19.8 Å². The SMILES string of the molecule is CC(C)N1CC2CCC(C1)N2c1ncc(C2CCN(CC3CCCCC3)CC2)cn1.CCC=O. The van der Waals surface area contributed by atoms with Gasteiger partial charge in [0.2, 0.25) is 5.95 Å². The van der Waals surface area contributed by atoms with Crippen molar-refractivity contribution >= 4 is 12.2 Å². The van der Waals surface area contributed by atoms with Crippen LogP contribution in [0.25, 0.3) is 0 Å². The van der Waals surface area contributed by atoms with Crippen molar-refractivity contribution in [3.05, 3.63) is 18.0 Å². The van der Waals surface area contributed by atoms with Crippen molar-refractivity contribution in [2.75, 3.05) is 37.6 Å². The molecule has 1 aliphatic carbocycles. The molecule has 1 aromatic heterocycles. The quantitative estimate of drug-likeness (QED) is 0.553. The molecule has 4 heterocycles. The summed E-state index contributed by atoms with van der Waals surface area (Å²) in [5.74, 6) is 2.59. The van der Waals surface area contributed by atoms with Gasteiger partial charge in [0.05, 0.1) is 0 Å². The van der Waals surface area contributed by atoms with Gasteiger partial charge < -0.3 is 14.6 Å². The number of carbonyl (C=O) groups is 1.